The number of benzene rings is 2. The maximum absolute atomic E-state index is 13.0. The highest BCUT2D eigenvalue weighted by Crippen LogP contribution is 2.29. The quantitative estimate of drug-likeness (QED) is 0.515. The largest absolute Gasteiger partial charge is 0.490 e. The molecule has 1 aromatic heterocycles. The molecule has 6 nitrogen and oxygen atoms in total. The summed E-state index contributed by atoms with van der Waals surface area (Å²) in [7, 11) is 0. The van der Waals surface area contributed by atoms with Crippen LogP contribution in [0.5, 0.6) is 0 Å². The van der Waals surface area contributed by atoms with E-state index in [1.54, 1.807) is 18.3 Å². The van der Waals surface area contributed by atoms with Gasteiger partial charge in [0.05, 0.1) is 11.9 Å². The minimum absolute atomic E-state index is 0.0418. The van der Waals surface area contributed by atoms with E-state index in [2.05, 4.69) is 15.2 Å². The maximum Gasteiger partial charge on any atom is 0.490 e. The van der Waals surface area contributed by atoms with E-state index in [4.69, 9.17) is 21.5 Å². The molecule has 1 aliphatic heterocycles. The summed E-state index contributed by atoms with van der Waals surface area (Å²) in [5.74, 6) is -3.09. The monoisotopic (exact) mass is 497 g/mol. The highest BCUT2D eigenvalue weighted by Gasteiger charge is 2.38. The predicted octanol–water partition coefficient (Wildman–Crippen LogP) is 4.60. The molecule has 0 bridgehead atoms. The number of hydrogen-bond acceptors (Lipinski definition) is 4. The van der Waals surface area contributed by atoms with E-state index < -0.39 is 12.1 Å². The second-order valence-electron chi connectivity index (χ2n) is 7.60. The van der Waals surface area contributed by atoms with Gasteiger partial charge in [0.25, 0.3) is 0 Å². The van der Waals surface area contributed by atoms with Crippen LogP contribution in [0.3, 0.4) is 0 Å². The summed E-state index contributed by atoms with van der Waals surface area (Å²) in [6.45, 7) is 1.61. The fourth-order valence-electron chi connectivity index (χ4n) is 3.55. The van der Waals surface area contributed by atoms with Crippen LogP contribution < -0.4 is 10.2 Å². The Labute approximate surface area is 197 Å². The van der Waals surface area contributed by atoms with Crippen molar-refractivity contribution < 1.29 is 32.3 Å². The molecular formula is C23H20ClF4N3O3. The number of hydrogen-bond donors (Lipinski definition) is 2. The number of anilines is 1. The summed E-state index contributed by atoms with van der Waals surface area (Å²) in [6.07, 6.45) is -2.16. The predicted molar refractivity (Wildman–Crippen MR) is 119 cm³/mol. The molecule has 2 N–H and O–H groups in total. The van der Waals surface area contributed by atoms with Crippen LogP contribution in [0.2, 0.25) is 5.02 Å². The van der Waals surface area contributed by atoms with E-state index in [1.165, 1.54) is 12.1 Å². The molecule has 1 aliphatic rings. The molecule has 34 heavy (non-hydrogen) atoms. The Morgan fingerprint density at radius 1 is 1.15 bits per heavy atom. The number of carbonyl (C=O) groups excluding carboxylic acids is 1. The molecule has 0 aliphatic carbocycles. The van der Waals surface area contributed by atoms with Crippen LogP contribution >= 0.6 is 11.6 Å². The topological polar surface area (TPSA) is 82.5 Å². The lowest BCUT2D eigenvalue weighted by molar-refractivity contribution is -0.192. The fourth-order valence-corrected chi connectivity index (χ4v) is 3.71. The van der Waals surface area contributed by atoms with Crippen LogP contribution in [0.1, 0.15) is 12.0 Å². The van der Waals surface area contributed by atoms with Crippen molar-refractivity contribution in [2.75, 3.05) is 18.0 Å². The van der Waals surface area contributed by atoms with E-state index in [-0.39, 0.29) is 24.2 Å². The van der Waals surface area contributed by atoms with Crippen LogP contribution in [0.15, 0.2) is 54.7 Å². The fraction of sp³-hybridized carbons (Fsp3) is 0.261. The van der Waals surface area contributed by atoms with E-state index >= 15 is 0 Å². The van der Waals surface area contributed by atoms with Crippen LogP contribution in [0.25, 0.3) is 10.9 Å². The summed E-state index contributed by atoms with van der Waals surface area (Å²) in [6, 6.07) is 13.8. The van der Waals surface area contributed by atoms with E-state index in [9.17, 15) is 22.4 Å². The molecule has 1 atom stereocenters. The molecule has 1 fully saturated rings. The minimum Gasteiger partial charge on any atom is -0.475 e. The SMILES string of the molecule is O=C(Cc1ccc(F)cc1)NC1CCN(c2ccnc3cc(Cl)ccc23)C1.O=C(O)C(F)(F)F. The van der Waals surface area contributed by atoms with Crippen molar-refractivity contribution in [2.24, 2.45) is 0 Å². The van der Waals surface area contributed by atoms with Gasteiger partial charge in [-0.15, -0.1) is 0 Å². The number of aliphatic carboxylic acids is 1. The van der Waals surface area contributed by atoms with Gasteiger partial charge in [-0.25, -0.2) is 9.18 Å². The normalized spacial score (nSPS) is 15.6. The van der Waals surface area contributed by atoms with Gasteiger partial charge < -0.3 is 15.3 Å². The van der Waals surface area contributed by atoms with E-state index in [1.807, 2.05) is 24.3 Å². The third kappa shape index (κ3) is 6.80. The number of nitrogens with zero attached hydrogens (tertiary/aromatic N) is 2. The molecule has 4 rings (SSSR count). The number of carbonyl (C=O) groups is 2. The van der Waals surface area contributed by atoms with Crippen molar-refractivity contribution in [2.45, 2.75) is 25.1 Å². The maximum atomic E-state index is 13.0. The summed E-state index contributed by atoms with van der Waals surface area (Å²) >= 11 is 6.06. The molecular weight excluding hydrogens is 478 g/mol. The van der Waals surface area contributed by atoms with Gasteiger partial charge in [-0.1, -0.05) is 23.7 Å². The lowest BCUT2D eigenvalue weighted by atomic mass is 10.1. The Balaban J connectivity index is 0.000000406. The van der Waals surface area contributed by atoms with Crippen LogP contribution in [0, 0.1) is 5.82 Å². The number of halogens is 5. The molecule has 11 heteroatoms. The first-order valence-corrected chi connectivity index (χ1v) is 10.5. The second kappa shape index (κ2) is 10.7. The Bertz CT molecular complexity index is 1170. The first-order chi connectivity index (χ1) is 16.0. The Morgan fingerprint density at radius 2 is 1.82 bits per heavy atom. The number of alkyl halides is 3. The van der Waals surface area contributed by atoms with Gasteiger partial charge in [-0.3, -0.25) is 9.78 Å². The van der Waals surface area contributed by atoms with Crippen LogP contribution in [-0.2, 0) is 16.0 Å². The van der Waals surface area contributed by atoms with Crippen molar-refractivity contribution in [1.82, 2.24) is 10.3 Å². The molecule has 0 saturated carbocycles. The molecule has 3 aromatic rings. The Kier molecular flexibility index (Phi) is 7.93. The highest BCUT2D eigenvalue weighted by molar-refractivity contribution is 6.31. The standard InChI is InChI=1S/C21H19ClFN3O.C2HF3O2/c22-15-3-6-18-19(12-15)24-9-7-20(18)26-10-8-17(13-26)25-21(27)11-14-1-4-16(23)5-2-14;3-2(4,5)1(6)7/h1-7,9,12,17H,8,10-11,13H2,(H,25,27);(H,6,7). The molecule has 1 unspecified atom stereocenters. The minimum atomic E-state index is -5.08. The highest BCUT2D eigenvalue weighted by atomic mass is 35.5. The number of pyridine rings is 1. The lowest BCUT2D eigenvalue weighted by Gasteiger charge is -2.21. The van der Waals surface area contributed by atoms with Gasteiger partial charge >= 0.3 is 12.1 Å². The Hall–Kier alpha value is -3.40. The number of nitrogens with one attached hydrogen (secondary N) is 1. The number of fused-ring (bicyclic) bond motifs is 1. The zero-order valence-electron chi connectivity index (χ0n) is 17.6. The second-order valence-corrected chi connectivity index (χ2v) is 8.03. The van der Waals surface area contributed by atoms with Crippen molar-refractivity contribution in [3.8, 4) is 0 Å². The lowest BCUT2D eigenvalue weighted by Crippen LogP contribution is -2.38. The van der Waals surface area contributed by atoms with Gasteiger partial charge in [0.1, 0.15) is 5.82 Å². The van der Waals surface area contributed by atoms with Gasteiger partial charge in [0.15, 0.2) is 0 Å². The van der Waals surface area contributed by atoms with Gasteiger partial charge in [-0.2, -0.15) is 13.2 Å². The zero-order valence-corrected chi connectivity index (χ0v) is 18.4. The molecule has 180 valence electrons. The number of carboxylic acid groups (broad SMARTS) is 1. The number of aromatic nitrogens is 1. The smallest absolute Gasteiger partial charge is 0.475 e. The van der Waals surface area contributed by atoms with Crippen LogP contribution in [0.4, 0.5) is 23.2 Å². The van der Waals surface area contributed by atoms with Crippen molar-refractivity contribution in [3.05, 3.63) is 71.1 Å². The Morgan fingerprint density at radius 3 is 2.47 bits per heavy atom. The summed E-state index contributed by atoms with van der Waals surface area (Å²) in [5, 5.41) is 11.9. The van der Waals surface area contributed by atoms with Gasteiger partial charge in [0, 0.05) is 41.4 Å². The molecule has 0 radical (unpaired) electrons. The third-order valence-electron chi connectivity index (χ3n) is 5.10. The van der Waals surface area contributed by atoms with Gasteiger partial charge in [0.2, 0.25) is 5.91 Å². The van der Waals surface area contributed by atoms with E-state index in [0.29, 0.717) is 5.02 Å². The number of rotatable bonds is 4. The van der Waals surface area contributed by atoms with Crippen molar-refractivity contribution >= 4 is 40.1 Å². The van der Waals surface area contributed by atoms with Crippen LogP contribution in [-0.4, -0.2) is 47.3 Å². The zero-order chi connectivity index (χ0) is 24.9. The average molecular weight is 498 g/mol. The van der Waals surface area contributed by atoms with Crippen molar-refractivity contribution in [3.63, 3.8) is 0 Å². The first-order valence-electron chi connectivity index (χ1n) is 10.2. The molecule has 2 heterocycles. The molecule has 1 amide bonds. The molecule has 1 saturated heterocycles. The summed E-state index contributed by atoms with van der Waals surface area (Å²) in [4.78, 5) is 27.8. The first kappa shape index (κ1) is 25.2. The summed E-state index contributed by atoms with van der Waals surface area (Å²) < 4.78 is 44.7. The number of carboxylic acids is 1. The molecule has 0 spiro atoms. The average Bonchev–Trinajstić information content (AvgIpc) is 3.22. The number of amides is 1. The van der Waals surface area contributed by atoms with Gasteiger partial charge in [-0.05, 0) is 48.4 Å². The van der Waals surface area contributed by atoms with Crippen molar-refractivity contribution in [1.29, 1.82) is 0 Å². The third-order valence-corrected chi connectivity index (χ3v) is 5.33. The summed E-state index contributed by atoms with van der Waals surface area (Å²) in [5.41, 5.74) is 2.77. The molecule has 2 aromatic carbocycles. The van der Waals surface area contributed by atoms with E-state index in [0.717, 1.165) is 41.7 Å².